The molecule has 0 fully saturated rings. The highest BCUT2D eigenvalue weighted by Gasteiger charge is 2.23. The number of ether oxygens (including phenoxy) is 1. The third-order valence-corrected chi connectivity index (χ3v) is 6.20. The van der Waals surface area contributed by atoms with Crippen LogP contribution in [0.15, 0.2) is 48.5 Å². The van der Waals surface area contributed by atoms with E-state index >= 15 is 4.39 Å². The average molecular weight is 590 g/mol. The van der Waals surface area contributed by atoms with Crippen molar-refractivity contribution >= 4 is 40.2 Å². The minimum absolute atomic E-state index is 0.0225. The van der Waals surface area contributed by atoms with Crippen LogP contribution >= 0.6 is 0 Å². The van der Waals surface area contributed by atoms with Crippen molar-refractivity contribution in [2.75, 3.05) is 17.2 Å². The van der Waals surface area contributed by atoms with Crippen molar-refractivity contribution in [3.63, 3.8) is 0 Å². The summed E-state index contributed by atoms with van der Waals surface area (Å²) < 4.78 is 76.2. The van der Waals surface area contributed by atoms with Gasteiger partial charge in [0.15, 0.2) is 5.82 Å². The third kappa shape index (κ3) is 6.78. The van der Waals surface area contributed by atoms with Crippen LogP contribution in [0.3, 0.4) is 0 Å². The van der Waals surface area contributed by atoms with Crippen molar-refractivity contribution in [2.45, 2.75) is 33.7 Å². The number of amides is 2. The van der Waals surface area contributed by atoms with Crippen LogP contribution in [0.4, 0.5) is 39.3 Å². The van der Waals surface area contributed by atoms with Gasteiger partial charge in [0.05, 0.1) is 16.6 Å². The molecule has 1 aromatic heterocycles. The number of carbonyl (C=O) groups is 2. The van der Waals surface area contributed by atoms with Crippen molar-refractivity contribution in [2.24, 2.45) is 12.5 Å². The zero-order valence-corrected chi connectivity index (χ0v) is 23.1. The van der Waals surface area contributed by atoms with E-state index in [2.05, 4.69) is 20.9 Å². The Morgan fingerprint density at radius 1 is 1.05 bits per heavy atom. The van der Waals surface area contributed by atoms with E-state index in [1.165, 1.54) is 48.0 Å². The number of rotatable bonds is 9. The molecule has 0 aliphatic rings. The van der Waals surface area contributed by atoms with Gasteiger partial charge >= 0.3 is 0 Å². The Morgan fingerprint density at radius 2 is 1.79 bits per heavy atom. The van der Waals surface area contributed by atoms with Crippen LogP contribution in [-0.2, 0) is 18.4 Å². The van der Waals surface area contributed by atoms with Gasteiger partial charge in [0, 0.05) is 36.3 Å². The SMILES string of the molecule is Cn1c(Nc2c(F)ccc(CNC(=O)C(C)(C)C)c2F)nc2cc(C(=O)Nc3cccc(F)c3)c(OCC(F)F)cc21. The third-order valence-electron chi connectivity index (χ3n) is 6.20. The summed E-state index contributed by atoms with van der Waals surface area (Å²) >= 11 is 0. The Hall–Kier alpha value is -4.68. The number of nitrogens with one attached hydrogen (secondary N) is 3. The van der Waals surface area contributed by atoms with Crippen molar-refractivity contribution in [3.05, 3.63) is 77.1 Å². The van der Waals surface area contributed by atoms with E-state index < -0.39 is 47.5 Å². The van der Waals surface area contributed by atoms with Gasteiger partial charge in [-0.1, -0.05) is 32.9 Å². The molecule has 3 N–H and O–H groups in total. The number of halogens is 5. The summed E-state index contributed by atoms with van der Waals surface area (Å²) in [7, 11) is 1.50. The summed E-state index contributed by atoms with van der Waals surface area (Å²) in [4.78, 5) is 29.6. The lowest BCUT2D eigenvalue weighted by Crippen LogP contribution is -2.34. The highest BCUT2D eigenvalue weighted by molar-refractivity contribution is 6.08. The molecule has 42 heavy (non-hydrogen) atoms. The number of hydrogen-bond donors (Lipinski definition) is 3. The first-order chi connectivity index (χ1) is 19.7. The standard InChI is InChI=1S/C29H28F5N5O3/c1-29(2,3)27(41)35-13-15-8-9-19(31)25(24(15)34)38-28-37-20-11-18(26(40)36-17-7-5-6-16(30)10-17)22(42-14-23(32)33)12-21(20)39(28)4/h5-12,23H,13-14H2,1-4H3,(H,35,41)(H,36,40)(H,37,38). The number of benzene rings is 3. The highest BCUT2D eigenvalue weighted by atomic mass is 19.3. The summed E-state index contributed by atoms with van der Waals surface area (Å²) in [5, 5.41) is 7.70. The normalized spacial score (nSPS) is 11.6. The minimum atomic E-state index is -2.84. The highest BCUT2D eigenvalue weighted by Crippen LogP contribution is 2.32. The number of aryl methyl sites for hydroxylation is 1. The molecule has 0 aliphatic carbocycles. The summed E-state index contributed by atoms with van der Waals surface area (Å²) in [6.07, 6.45) is -2.84. The molecule has 0 spiro atoms. The first-order valence-corrected chi connectivity index (χ1v) is 12.7. The van der Waals surface area contributed by atoms with E-state index in [0.29, 0.717) is 5.52 Å². The van der Waals surface area contributed by atoms with E-state index in [4.69, 9.17) is 4.74 Å². The lowest BCUT2D eigenvalue weighted by molar-refractivity contribution is -0.128. The fraction of sp³-hybridized carbons (Fsp3) is 0.276. The molecule has 0 unspecified atom stereocenters. The van der Waals surface area contributed by atoms with E-state index in [1.54, 1.807) is 20.8 Å². The van der Waals surface area contributed by atoms with Gasteiger partial charge in [-0.2, -0.15) is 0 Å². The Kier molecular flexibility index (Phi) is 8.69. The Labute approximate surface area is 237 Å². The number of anilines is 3. The van der Waals surface area contributed by atoms with Crippen molar-refractivity contribution < 1.29 is 36.3 Å². The molecule has 8 nitrogen and oxygen atoms in total. The molecule has 0 atom stereocenters. The van der Waals surface area contributed by atoms with Gasteiger partial charge in [0.2, 0.25) is 11.9 Å². The van der Waals surface area contributed by atoms with Gasteiger partial charge in [0.25, 0.3) is 12.3 Å². The van der Waals surface area contributed by atoms with Crippen molar-refractivity contribution in [1.29, 1.82) is 0 Å². The van der Waals surface area contributed by atoms with E-state index in [0.717, 1.165) is 12.1 Å². The lowest BCUT2D eigenvalue weighted by Gasteiger charge is -2.18. The number of carbonyl (C=O) groups excluding carboxylic acids is 2. The maximum Gasteiger partial charge on any atom is 0.272 e. The second-order valence-electron chi connectivity index (χ2n) is 10.5. The number of fused-ring (bicyclic) bond motifs is 1. The van der Waals surface area contributed by atoms with Gasteiger partial charge < -0.3 is 25.3 Å². The summed E-state index contributed by atoms with van der Waals surface area (Å²) in [5.74, 6) is -3.83. The zero-order valence-electron chi connectivity index (χ0n) is 23.1. The Morgan fingerprint density at radius 3 is 2.45 bits per heavy atom. The van der Waals surface area contributed by atoms with Crippen LogP contribution < -0.4 is 20.7 Å². The number of imidazole rings is 1. The van der Waals surface area contributed by atoms with Crippen LogP contribution in [0.25, 0.3) is 11.0 Å². The molecule has 0 saturated carbocycles. The maximum atomic E-state index is 15.3. The monoisotopic (exact) mass is 589 g/mol. The van der Waals surface area contributed by atoms with Crippen molar-refractivity contribution in [3.8, 4) is 5.75 Å². The van der Waals surface area contributed by atoms with Crippen LogP contribution in [0, 0.1) is 22.9 Å². The summed E-state index contributed by atoms with van der Waals surface area (Å²) in [5.41, 5.74) is -0.820. The average Bonchev–Trinajstić information content (AvgIpc) is 3.22. The molecule has 0 bridgehead atoms. The number of nitrogens with zero attached hydrogens (tertiary/aromatic N) is 2. The molecule has 222 valence electrons. The van der Waals surface area contributed by atoms with Crippen molar-refractivity contribution in [1.82, 2.24) is 14.9 Å². The second kappa shape index (κ2) is 12.0. The molecule has 2 amide bonds. The Balaban J connectivity index is 1.68. The van der Waals surface area contributed by atoms with Gasteiger partial charge in [0.1, 0.15) is 29.7 Å². The summed E-state index contributed by atoms with van der Waals surface area (Å²) in [6, 6.07) is 9.89. The molecule has 0 aliphatic heterocycles. The van der Waals surface area contributed by atoms with Gasteiger partial charge in [-0.15, -0.1) is 0 Å². The first-order valence-electron chi connectivity index (χ1n) is 12.7. The minimum Gasteiger partial charge on any atom is -0.487 e. The molecule has 0 saturated heterocycles. The fourth-order valence-electron chi connectivity index (χ4n) is 3.94. The van der Waals surface area contributed by atoms with Crippen LogP contribution in [0.1, 0.15) is 36.7 Å². The maximum absolute atomic E-state index is 15.3. The Bertz CT molecular complexity index is 1650. The largest absolute Gasteiger partial charge is 0.487 e. The molecule has 4 rings (SSSR count). The summed E-state index contributed by atoms with van der Waals surface area (Å²) in [6.45, 7) is 3.89. The quantitative estimate of drug-likeness (QED) is 0.199. The van der Waals surface area contributed by atoms with E-state index in [1.807, 2.05) is 0 Å². The molecular formula is C29H28F5N5O3. The molecule has 0 radical (unpaired) electrons. The lowest BCUT2D eigenvalue weighted by atomic mass is 9.95. The van der Waals surface area contributed by atoms with Gasteiger partial charge in [-0.25, -0.2) is 26.9 Å². The number of alkyl halides is 2. The van der Waals surface area contributed by atoms with E-state index in [9.17, 15) is 27.2 Å². The molecule has 3 aromatic carbocycles. The molecule has 1 heterocycles. The smallest absolute Gasteiger partial charge is 0.272 e. The predicted octanol–water partition coefficient (Wildman–Crippen LogP) is 6.29. The molecule has 13 heteroatoms. The first kappa shape index (κ1) is 30.3. The fourth-order valence-corrected chi connectivity index (χ4v) is 3.94. The topological polar surface area (TPSA) is 97.3 Å². The van der Waals surface area contributed by atoms with Crippen LogP contribution in [0.5, 0.6) is 5.75 Å². The van der Waals surface area contributed by atoms with Crippen LogP contribution in [-0.4, -0.2) is 34.4 Å². The van der Waals surface area contributed by atoms with Gasteiger partial charge in [-0.3, -0.25) is 9.59 Å². The number of aromatic nitrogens is 2. The second-order valence-corrected chi connectivity index (χ2v) is 10.5. The van der Waals surface area contributed by atoms with Crippen LogP contribution in [0.2, 0.25) is 0 Å². The predicted molar refractivity (Wildman–Crippen MR) is 148 cm³/mol. The van der Waals surface area contributed by atoms with E-state index in [-0.39, 0.29) is 46.5 Å². The number of hydrogen-bond acceptors (Lipinski definition) is 5. The van der Waals surface area contributed by atoms with Gasteiger partial charge in [-0.05, 0) is 30.3 Å². The zero-order chi connectivity index (χ0) is 30.8. The molecular weight excluding hydrogens is 561 g/mol. The molecule has 4 aromatic rings.